The number of rotatable bonds is 8. The van der Waals surface area contributed by atoms with E-state index in [4.69, 9.17) is 21.1 Å². The second-order valence-electron chi connectivity index (χ2n) is 7.26. The number of amides is 1. The van der Waals surface area contributed by atoms with Gasteiger partial charge in [-0.1, -0.05) is 23.7 Å². The summed E-state index contributed by atoms with van der Waals surface area (Å²) in [6, 6.07) is 16.1. The van der Waals surface area contributed by atoms with Crippen LogP contribution in [0.5, 0.6) is 11.5 Å². The van der Waals surface area contributed by atoms with E-state index in [1.54, 1.807) is 18.2 Å². The first-order valence-corrected chi connectivity index (χ1v) is 11.8. The molecule has 1 heterocycles. The Hall–Kier alpha value is -3.47. The number of ether oxygens (including phenoxy) is 2. The number of hydrogen-bond acceptors (Lipinski definition) is 6. The van der Waals surface area contributed by atoms with Gasteiger partial charge in [-0.25, -0.2) is 18.2 Å². The molecule has 3 aromatic rings. The number of hydrogen-bond donors (Lipinski definition) is 1. The van der Waals surface area contributed by atoms with Crippen molar-refractivity contribution in [3.63, 3.8) is 0 Å². The molecule has 3 aromatic carbocycles. The van der Waals surface area contributed by atoms with Crippen molar-refractivity contribution in [3.05, 3.63) is 88.7 Å². The molecule has 0 aromatic heterocycles. The molecular formula is C23H19ClFN3O5S. The first-order chi connectivity index (χ1) is 16.3. The van der Waals surface area contributed by atoms with Crippen LogP contribution in [0.25, 0.3) is 0 Å². The molecule has 0 saturated carbocycles. The van der Waals surface area contributed by atoms with Gasteiger partial charge in [-0.2, -0.15) is 9.41 Å². The summed E-state index contributed by atoms with van der Waals surface area (Å²) in [5.41, 5.74) is 3.49. The van der Waals surface area contributed by atoms with Crippen molar-refractivity contribution >= 4 is 33.7 Å². The molecular weight excluding hydrogens is 485 g/mol. The highest BCUT2D eigenvalue weighted by Crippen LogP contribution is 2.32. The van der Waals surface area contributed by atoms with Gasteiger partial charge in [-0.3, -0.25) is 4.79 Å². The molecule has 0 fully saturated rings. The Balaban J connectivity index is 1.49. The molecule has 0 unspecified atom stereocenters. The number of halogens is 2. The molecule has 8 nitrogen and oxygen atoms in total. The maximum Gasteiger partial charge on any atom is 0.255 e. The third-order valence-electron chi connectivity index (χ3n) is 4.84. The molecule has 0 atom stereocenters. The van der Waals surface area contributed by atoms with E-state index in [0.29, 0.717) is 27.6 Å². The molecule has 34 heavy (non-hydrogen) atoms. The van der Waals surface area contributed by atoms with Gasteiger partial charge in [-0.15, -0.1) is 0 Å². The number of sulfonamides is 1. The van der Waals surface area contributed by atoms with Gasteiger partial charge < -0.3 is 9.47 Å². The zero-order valence-corrected chi connectivity index (χ0v) is 19.2. The molecule has 1 amide bonds. The Kier molecular flexibility index (Phi) is 7.11. The van der Waals surface area contributed by atoms with Crippen LogP contribution < -0.4 is 14.9 Å². The van der Waals surface area contributed by atoms with Crippen LogP contribution in [-0.2, 0) is 21.4 Å². The van der Waals surface area contributed by atoms with Crippen LogP contribution in [-0.4, -0.2) is 38.2 Å². The number of carbonyl (C=O) groups is 1. The Morgan fingerprint density at radius 2 is 1.76 bits per heavy atom. The maximum atomic E-state index is 13.3. The summed E-state index contributed by atoms with van der Waals surface area (Å²) >= 11 is 5.87. The monoisotopic (exact) mass is 503 g/mol. The second-order valence-corrected chi connectivity index (χ2v) is 9.63. The average Bonchev–Trinajstić information content (AvgIpc) is 3.28. The van der Waals surface area contributed by atoms with Gasteiger partial charge in [0.15, 0.2) is 11.5 Å². The summed E-state index contributed by atoms with van der Waals surface area (Å²) in [6.45, 7) is -0.524. The van der Waals surface area contributed by atoms with Crippen molar-refractivity contribution in [1.29, 1.82) is 0 Å². The standard InChI is InChI=1S/C23H19ClFN3O5S/c24-18-4-8-20(9-5-18)34(30,31)28(13-16-1-6-19(25)7-2-16)14-23(29)27-26-12-17-3-10-21-22(11-17)33-15-32-21/h1-12H,13-15H2,(H,27,29)/b26-12-. The number of nitrogens with zero attached hydrogens (tertiary/aromatic N) is 2. The van der Waals surface area contributed by atoms with Gasteiger partial charge in [0.1, 0.15) is 5.82 Å². The highest BCUT2D eigenvalue weighted by atomic mass is 35.5. The molecule has 0 spiro atoms. The molecule has 0 bridgehead atoms. The number of nitrogens with one attached hydrogen (secondary N) is 1. The topological polar surface area (TPSA) is 97.3 Å². The highest BCUT2D eigenvalue weighted by Gasteiger charge is 2.27. The van der Waals surface area contributed by atoms with Gasteiger partial charge in [-0.05, 0) is 65.7 Å². The van der Waals surface area contributed by atoms with E-state index in [-0.39, 0.29) is 18.2 Å². The largest absolute Gasteiger partial charge is 0.454 e. The molecule has 1 aliphatic heterocycles. The van der Waals surface area contributed by atoms with Crippen LogP contribution in [0.1, 0.15) is 11.1 Å². The minimum absolute atomic E-state index is 0.0318. The zero-order valence-electron chi connectivity index (χ0n) is 17.6. The quantitative estimate of drug-likeness (QED) is 0.374. The van der Waals surface area contributed by atoms with E-state index in [9.17, 15) is 17.6 Å². The van der Waals surface area contributed by atoms with E-state index < -0.39 is 28.3 Å². The first-order valence-electron chi connectivity index (χ1n) is 10.0. The van der Waals surface area contributed by atoms with Crippen molar-refractivity contribution in [2.45, 2.75) is 11.4 Å². The van der Waals surface area contributed by atoms with Crippen LogP contribution in [0.4, 0.5) is 4.39 Å². The van der Waals surface area contributed by atoms with Crippen LogP contribution in [0.15, 0.2) is 76.7 Å². The molecule has 176 valence electrons. The summed E-state index contributed by atoms with van der Waals surface area (Å²) in [4.78, 5) is 12.5. The Bertz CT molecular complexity index is 1320. The predicted octanol–water partition coefficient (Wildman–Crippen LogP) is 3.55. The first kappa shape index (κ1) is 23.7. The fourth-order valence-electron chi connectivity index (χ4n) is 3.14. The number of carbonyl (C=O) groups excluding carboxylic acids is 1. The molecule has 0 radical (unpaired) electrons. The molecule has 0 saturated heterocycles. The third-order valence-corrected chi connectivity index (χ3v) is 6.90. The Morgan fingerprint density at radius 3 is 2.50 bits per heavy atom. The zero-order chi connectivity index (χ0) is 24.1. The summed E-state index contributed by atoms with van der Waals surface area (Å²) in [7, 11) is -4.07. The highest BCUT2D eigenvalue weighted by molar-refractivity contribution is 7.89. The number of hydrazone groups is 1. The predicted molar refractivity (Wildman–Crippen MR) is 124 cm³/mol. The maximum absolute atomic E-state index is 13.3. The lowest BCUT2D eigenvalue weighted by molar-refractivity contribution is -0.121. The van der Waals surface area contributed by atoms with Crippen LogP contribution in [0, 0.1) is 5.82 Å². The van der Waals surface area contributed by atoms with E-state index in [2.05, 4.69) is 10.5 Å². The minimum Gasteiger partial charge on any atom is -0.454 e. The lowest BCUT2D eigenvalue weighted by Gasteiger charge is -2.21. The number of benzene rings is 3. The van der Waals surface area contributed by atoms with Gasteiger partial charge in [0.2, 0.25) is 16.8 Å². The lowest BCUT2D eigenvalue weighted by Crippen LogP contribution is -2.39. The second kappa shape index (κ2) is 10.2. The summed E-state index contributed by atoms with van der Waals surface area (Å²) in [5.74, 6) is 0.0722. The fraction of sp³-hybridized carbons (Fsp3) is 0.130. The van der Waals surface area contributed by atoms with Crippen LogP contribution in [0.3, 0.4) is 0 Å². The summed E-state index contributed by atoms with van der Waals surface area (Å²) < 4.78 is 51.2. The fourth-order valence-corrected chi connectivity index (χ4v) is 4.65. The van der Waals surface area contributed by atoms with Crippen LogP contribution in [0.2, 0.25) is 5.02 Å². The van der Waals surface area contributed by atoms with Crippen molar-refractivity contribution in [3.8, 4) is 11.5 Å². The van der Waals surface area contributed by atoms with E-state index >= 15 is 0 Å². The van der Waals surface area contributed by atoms with Crippen molar-refractivity contribution in [1.82, 2.24) is 9.73 Å². The van der Waals surface area contributed by atoms with Crippen molar-refractivity contribution in [2.24, 2.45) is 5.10 Å². The van der Waals surface area contributed by atoms with Gasteiger partial charge >= 0.3 is 0 Å². The molecule has 1 N–H and O–H groups in total. The molecule has 0 aliphatic carbocycles. The summed E-state index contributed by atoms with van der Waals surface area (Å²) in [5, 5.41) is 4.27. The minimum atomic E-state index is -4.07. The molecule has 11 heteroatoms. The molecule has 1 aliphatic rings. The normalized spacial score (nSPS) is 12.9. The smallest absolute Gasteiger partial charge is 0.255 e. The van der Waals surface area contributed by atoms with E-state index in [0.717, 1.165) is 4.31 Å². The third kappa shape index (κ3) is 5.71. The lowest BCUT2D eigenvalue weighted by atomic mass is 10.2. The van der Waals surface area contributed by atoms with Gasteiger partial charge in [0, 0.05) is 11.6 Å². The van der Waals surface area contributed by atoms with E-state index in [1.165, 1.54) is 54.7 Å². The molecule has 4 rings (SSSR count). The average molecular weight is 504 g/mol. The Labute approximate surface area is 200 Å². The SMILES string of the molecule is O=C(CN(Cc1ccc(F)cc1)S(=O)(=O)c1ccc(Cl)cc1)N/N=C\c1ccc2c(c1)OCO2. The van der Waals surface area contributed by atoms with Gasteiger partial charge in [0.25, 0.3) is 5.91 Å². The van der Waals surface area contributed by atoms with Gasteiger partial charge in [0.05, 0.1) is 17.7 Å². The summed E-state index contributed by atoms with van der Waals surface area (Å²) in [6.07, 6.45) is 1.40. The Morgan fingerprint density at radius 1 is 1.06 bits per heavy atom. The van der Waals surface area contributed by atoms with Crippen LogP contribution >= 0.6 is 11.6 Å². The number of fused-ring (bicyclic) bond motifs is 1. The van der Waals surface area contributed by atoms with E-state index in [1.807, 2.05) is 0 Å². The van der Waals surface area contributed by atoms with Crippen molar-refractivity contribution in [2.75, 3.05) is 13.3 Å². The van der Waals surface area contributed by atoms with Crippen molar-refractivity contribution < 1.29 is 27.1 Å².